The van der Waals surface area contributed by atoms with Crippen molar-refractivity contribution in [3.8, 4) is 5.75 Å². The molecule has 1 unspecified atom stereocenters. The van der Waals surface area contributed by atoms with Crippen molar-refractivity contribution in [1.82, 2.24) is 0 Å². The maximum Gasteiger partial charge on any atom is 0.124 e. The van der Waals surface area contributed by atoms with Gasteiger partial charge in [-0.2, -0.15) is 0 Å². The van der Waals surface area contributed by atoms with E-state index >= 15 is 0 Å². The summed E-state index contributed by atoms with van der Waals surface area (Å²) in [4.78, 5) is 0. The minimum atomic E-state index is -0.191. The van der Waals surface area contributed by atoms with E-state index in [-0.39, 0.29) is 6.04 Å². The number of nitrogens with two attached hydrogens (primary N) is 1. The fourth-order valence-electron chi connectivity index (χ4n) is 2.38. The lowest BCUT2D eigenvalue weighted by molar-refractivity contribution is 0.145. The van der Waals surface area contributed by atoms with Crippen LogP contribution in [0.4, 0.5) is 0 Å². The fraction of sp³-hybridized carbons (Fsp3) is 0.333. The second-order valence-electron chi connectivity index (χ2n) is 5.15. The Morgan fingerprint density at radius 1 is 0.952 bits per heavy atom. The number of para-hydroxylation sites is 1. The molecule has 0 saturated heterocycles. The summed E-state index contributed by atoms with van der Waals surface area (Å²) in [7, 11) is 1.66. The van der Waals surface area contributed by atoms with Crippen molar-refractivity contribution in [3.63, 3.8) is 0 Å². The van der Waals surface area contributed by atoms with Crippen LogP contribution in [-0.4, -0.2) is 20.3 Å². The zero-order chi connectivity index (χ0) is 15.2. The van der Waals surface area contributed by atoms with Crippen LogP contribution in [0.15, 0.2) is 42.5 Å². The molecule has 112 valence electrons. The van der Waals surface area contributed by atoms with Gasteiger partial charge in [-0.3, -0.25) is 0 Å². The molecule has 1 atom stereocenters. The van der Waals surface area contributed by atoms with Gasteiger partial charge in [0.25, 0.3) is 0 Å². The predicted octanol–water partition coefficient (Wildman–Crippen LogP) is 3.38. The minimum absolute atomic E-state index is 0.191. The van der Waals surface area contributed by atoms with E-state index in [4.69, 9.17) is 15.2 Å². The summed E-state index contributed by atoms with van der Waals surface area (Å²) in [6.45, 7) is 5.30. The zero-order valence-corrected chi connectivity index (χ0v) is 12.9. The summed E-state index contributed by atoms with van der Waals surface area (Å²) >= 11 is 0. The molecule has 0 aliphatic rings. The van der Waals surface area contributed by atoms with Crippen molar-refractivity contribution in [1.29, 1.82) is 0 Å². The normalized spacial score (nSPS) is 12.2. The average molecular weight is 285 g/mol. The maximum atomic E-state index is 6.48. The average Bonchev–Trinajstić information content (AvgIpc) is 2.50. The molecule has 0 fully saturated rings. The smallest absolute Gasteiger partial charge is 0.124 e. The topological polar surface area (TPSA) is 44.5 Å². The Morgan fingerprint density at radius 2 is 1.67 bits per heavy atom. The third-order valence-electron chi connectivity index (χ3n) is 3.78. The molecule has 0 spiro atoms. The highest BCUT2D eigenvalue weighted by Crippen LogP contribution is 2.30. The molecule has 2 aromatic carbocycles. The lowest BCUT2D eigenvalue weighted by Crippen LogP contribution is -2.16. The predicted molar refractivity (Wildman–Crippen MR) is 85.8 cm³/mol. The first-order chi connectivity index (χ1) is 10.1. The molecule has 2 aromatic rings. The Labute approximate surface area is 126 Å². The van der Waals surface area contributed by atoms with Gasteiger partial charge in [0.2, 0.25) is 0 Å². The van der Waals surface area contributed by atoms with E-state index in [2.05, 4.69) is 26.0 Å². The number of ether oxygens (including phenoxy) is 2. The van der Waals surface area contributed by atoms with Crippen molar-refractivity contribution in [2.24, 2.45) is 5.73 Å². The fourth-order valence-corrected chi connectivity index (χ4v) is 2.38. The summed E-state index contributed by atoms with van der Waals surface area (Å²) in [5.41, 5.74) is 11.1. The Bertz CT molecular complexity index is 596. The van der Waals surface area contributed by atoms with Gasteiger partial charge in [0.1, 0.15) is 12.4 Å². The summed E-state index contributed by atoms with van der Waals surface area (Å²) in [6.07, 6.45) is 0. The lowest BCUT2D eigenvalue weighted by Gasteiger charge is -2.20. The van der Waals surface area contributed by atoms with Crippen molar-refractivity contribution in [2.75, 3.05) is 20.3 Å². The highest BCUT2D eigenvalue weighted by molar-refractivity contribution is 5.45. The lowest BCUT2D eigenvalue weighted by atomic mass is 9.93. The molecule has 3 heteroatoms. The summed E-state index contributed by atoms with van der Waals surface area (Å²) in [6, 6.07) is 14.0. The number of rotatable bonds is 6. The first-order valence-corrected chi connectivity index (χ1v) is 7.17. The van der Waals surface area contributed by atoms with Crippen LogP contribution in [0.5, 0.6) is 5.75 Å². The molecule has 0 aliphatic carbocycles. The van der Waals surface area contributed by atoms with Crippen LogP contribution in [0.2, 0.25) is 0 Å². The van der Waals surface area contributed by atoms with Crippen LogP contribution in [0.1, 0.15) is 28.3 Å². The SMILES string of the molecule is COCCOc1ccccc1C(N)c1cccc(C)c1C. The van der Waals surface area contributed by atoms with Gasteiger partial charge in [-0.05, 0) is 36.6 Å². The number of hydrogen-bond donors (Lipinski definition) is 1. The zero-order valence-electron chi connectivity index (χ0n) is 12.9. The Morgan fingerprint density at radius 3 is 2.43 bits per heavy atom. The largest absolute Gasteiger partial charge is 0.491 e. The van der Waals surface area contributed by atoms with Crippen LogP contribution < -0.4 is 10.5 Å². The molecule has 0 radical (unpaired) electrons. The van der Waals surface area contributed by atoms with Gasteiger partial charge in [0, 0.05) is 12.7 Å². The second kappa shape index (κ2) is 7.25. The first-order valence-electron chi connectivity index (χ1n) is 7.17. The molecular formula is C18H23NO2. The molecule has 0 saturated carbocycles. The Balaban J connectivity index is 2.30. The van der Waals surface area contributed by atoms with Crippen molar-refractivity contribution < 1.29 is 9.47 Å². The number of aryl methyl sites for hydroxylation is 1. The molecular weight excluding hydrogens is 262 g/mol. The second-order valence-corrected chi connectivity index (χ2v) is 5.15. The number of benzene rings is 2. The van der Waals surface area contributed by atoms with Gasteiger partial charge in [-0.15, -0.1) is 0 Å². The molecule has 0 aliphatic heterocycles. The minimum Gasteiger partial charge on any atom is -0.491 e. The van der Waals surface area contributed by atoms with E-state index in [1.165, 1.54) is 11.1 Å². The van der Waals surface area contributed by atoms with Gasteiger partial charge >= 0.3 is 0 Å². The van der Waals surface area contributed by atoms with E-state index in [1.54, 1.807) is 7.11 Å². The van der Waals surface area contributed by atoms with Gasteiger partial charge in [0.05, 0.1) is 12.6 Å². The molecule has 0 heterocycles. The van der Waals surface area contributed by atoms with Crippen molar-refractivity contribution in [2.45, 2.75) is 19.9 Å². The van der Waals surface area contributed by atoms with Gasteiger partial charge in [-0.25, -0.2) is 0 Å². The van der Waals surface area contributed by atoms with Crippen LogP contribution in [0, 0.1) is 13.8 Å². The summed E-state index contributed by atoms with van der Waals surface area (Å²) < 4.78 is 10.8. The summed E-state index contributed by atoms with van der Waals surface area (Å²) in [5, 5.41) is 0. The van der Waals surface area contributed by atoms with E-state index in [9.17, 15) is 0 Å². The van der Waals surface area contributed by atoms with Crippen molar-refractivity contribution in [3.05, 3.63) is 64.7 Å². The molecule has 0 aromatic heterocycles. The number of methoxy groups -OCH3 is 1. The van der Waals surface area contributed by atoms with Crippen molar-refractivity contribution >= 4 is 0 Å². The molecule has 2 N–H and O–H groups in total. The number of hydrogen-bond acceptors (Lipinski definition) is 3. The standard InChI is InChI=1S/C18H23NO2/c1-13-7-6-9-15(14(13)2)18(19)16-8-4-5-10-17(16)21-12-11-20-3/h4-10,18H,11-12,19H2,1-3H3. The summed E-state index contributed by atoms with van der Waals surface area (Å²) in [5.74, 6) is 0.822. The van der Waals surface area contributed by atoms with Gasteiger partial charge in [-0.1, -0.05) is 36.4 Å². The van der Waals surface area contributed by atoms with Crippen LogP contribution in [-0.2, 0) is 4.74 Å². The highest BCUT2D eigenvalue weighted by atomic mass is 16.5. The van der Waals surface area contributed by atoms with Gasteiger partial charge in [0.15, 0.2) is 0 Å². The van der Waals surface area contributed by atoms with E-state index in [1.807, 2.05) is 30.3 Å². The molecule has 2 rings (SSSR count). The Kier molecular flexibility index (Phi) is 5.37. The quantitative estimate of drug-likeness (QED) is 0.828. The van der Waals surface area contributed by atoms with E-state index in [0.29, 0.717) is 13.2 Å². The molecule has 21 heavy (non-hydrogen) atoms. The monoisotopic (exact) mass is 285 g/mol. The van der Waals surface area contributed by atoms with Crippen LogP contribution in [0.3, 0.4) is 0 Å². The van der Waals surface area contributed by atoms with E-state index in [0.717, 1.165) is 16.9 Å². The maximum absolute atomic E-state index is 6.48. The van der Waals surface area contributed by atoms with E-state index < -0.39 is 0 Å². The molecule has 0 bridgehead atoms. The highest BCUT2D eigenvalue weighted by Gasteiger charge is 2.16. The third kappa shape index (κ3) is 3.63. The third-order valence-corrected chi connectivity index (χ3v) is 3.78. The van der Waals surface area contributed by atoms with Crippen LogP contribution in [0.25, 0.3) is 0 Å². The molecule has 0 amide bonds. The first kappa shape index (κ1) is 15.5. The molecule has 3 nitrogen and oxygen atoms in total. The van der Waals surface area contributed by atoms with Crippen LogP contribution >= 0.6 is 0 Å². The Hall–Kier alpha value is -1.84. The van der Waals surface area contributed by atoms with Gasteiger partial charge < -0.3 is 15.2 Å².